The number of alkyl halides is 1. The number of methoxy groups -OCH3 is 2. The normalized spacial score (nSPS) is 11.8. The van der Waals surface area contributed by atoms with Gasteiger partial charge in [-0.2, -0.15) is 0 Å². The lowest BCUT2D eigenvalue weighted by Gasteiger charge is -2.11. The first-order valence-corrected chi connectivity index (χ1v) is 6.64. The highest BCUT2D eigenvalue weighted by atomic mass is 79.9. The quantitative estimate of drug-likeness (QED) is 0.821. The summed E-state index contributed by atoms with van der Waals surface area (Å²) in [5.74, 6) is 1.04. The van der Waals surface area contributed by atoms with Crippen molar-refractivity contribution in [2.24, 2.45) is 0 Å². The number of amides is 1. The van der Waals surface area contributed by atoms with Gasteiger partial charge in [0.25, 0.3) is 5.91 Å². The summed E-state index contributed by atoms with van der Waals surface area (Å²) in [6, 6.07) is 5.14. The molecular weight excluding hydrogens is 298 g/mol. The molecule has 4 nitrogen and oxygen atoms in total. The lowest BCUT2D eigenvalue weighted by atomic mass is 10.1. The first-order chi connectivity index (χ1) is 8.58. The molecule has 1 aromatic carbocycles. The van der Waals surface area contributed by atoms with Crippen molar-refractivity contribution in [1.82, 2.24) is 5.32 Å². The van der Waals surface area contributed by atoms with E-state index in [2.05, 4.69) is 21.2 Å². The van der Waals surface area contributed by atoms with E-state index in [4.69, 9.17) is 9.47 Å². The Kier molecular flexibility index (Phi) is 5.98. The summed E-state index contributed by atoms with van der Waals surface area (Å²) in [5, 5.41) is 2.85. The second-order valence-corrected chi connectivity index (χ2v) is 5.45. The molecule has 100 valence electrons. The van der Waals surface area contributed by atoms with Gasteiger partial charge in [0.05, 0.1) is 19.8 Å². The van der Waals surface area contributed by atoms with Gasteiger partial charge in [-0.15, -0.1) is 0 Å². The smallest absolute Gasteiger partial charge is 0.255 e. The molecule has 0 aromatic heterocycles. The number of rotatable bonds is 6. The molecule has 0 heterocycles. The summed E-state index contributed by atoms with van der Waals surface area (Å²) < 4.78 is 10.3. The van der Waals surface area contributed by atoms with E-state index in [-0.39, 0.29) is 5.91 Å². The number of halogens is 1. The van der Waals surface area contributed by atoms with E-state index in [0.717, 1.165) is 6.42 Å². The van der Waals surface area contributed by atoms with E-state index < -0.39 is 0 Å². The van der Waals surface area contributed by atoms with Crippen molar-refractivity contribution in [2.45, 2.75) is 18.2 Å². The van der Waals surface area contributed by atoms with E-state index in [0.29, 0.717) is 28.4 Å². The van der Waals surface area contributed by atoms with Gasteiger partial charge in [0.2, 0.25) is 0 Å². The minimum atomic E-state index is -0.136. The van der Waals surface area contributed by atoms with Gasteiger partial charge < -0.3 is 14.8 Å². The molecule has 0 fully saturated rings. The highest BCUT2D eigenvalue weighted by Crippen LogP contribution is 2.24. The molecule has 0 radical (unpaired) electrons. The van der Waals surface area contributed by atoms with Crippen LogP contribution in [0.1, 0.15) is 23.7 Å². The molecule has 1 atom stereocenters. The molecule has 1 N–H and O–H groups in total. The van der Waals surface area contributed by atoms with Crippen LogP contribution in [0.2, 0.25) is 0 Å². The Morgan fingerprint density at radius 3 is 2.67 bits per heavy atom. The zero-order chi connectivity index (χ0) is 13.5. The maximum atomic E-state index is 12.0. The fourth-order valence-electron chi connectivity index (χ4n) is 1.47. The largest absolute Gasteiger partial charge is 0.497 e. The molecule has 0 spiro atoms. The summed E-state index contributed by atoms with van der Waals surface area (Å²) >= 11 is 3.44. The molecule has 0 bridgehead atoms. The van der Waals surface area contributed by atoms with Gasteiger partial charge in [0.15, 0.2) is 0 Å². The number of benzene rings is 1. The maximum Gasteiger partial charge on any atom is 0.255 e. The monoisotopic (exact) mass is 315 g/mol. The van der Waals surface area contributed by atoms with Crippen molar-refractivity contribution in [1.29, 1.82) is 0 Å². The molecule has 1 unspecified atom stereocenters. The van der Waals surface area contributed by atoms with Crippen molar-refractivity contribution in [3.05, 3.63) is 23.8 Å². The molecule has 1 aromatic rings. The van der Waals surface area contributed by atoms with E-state index in [1.807, 2.05) is 6.92 Å². The number of hydrogen-bond donors (Lipinski definition) is 1. The van der Waals surface area contributed by atoms with Crippen LogP contribution in [0.5, 0.6) is 11.5 Å². The summed E-state index contributed by atoms with van der Waals surface area (Å²) in [4.78, 5) is 12.3. The van der Waals surface area contributed by atoms with Gasteiger partial charge in [-0.1, -0.05) is 22.9 Å². The highest BCUT2D eigenvalue weighted by Gasteiger charge is 2.12. The number of carbonyl (C=O) groups is 1. The van der Waals surface area contributed by atoms with Crippen LogP contribution in [-0.4, -0.2) is 31.5 Å². The predicted octanol–water partition coefficient (Wildman–Crippen LogP) is 2.61. The standard InChI is InChI=1S/C13H18BrNO3/c1-9(14)6-7-15-13(16)11-5-4-10(17-2)8-12(11)18-3/h4-5,8-9H,6-7H2,1-3H3,(H,15,16). The SMILES string of the molecule is COc1ccc(C(=O)NCCC(C)Br)c(OC)c1. The van der Waals surface area contributed by atoms with Crippen LogP contribution >= 0.6 is 15.9 Å². The number of nitrogens with one attached hydrogen (secondary N) is 1. The number of carbonyl (C=O) groups excluding carboxylic acids is 1. The fourth-order valence-corrected chi connectivity index (χ4v) is 1.69. The Morgan fingerprint density at radius 2 is 2.11 bits per heavy atom. The molecule has 0 aliphatic carbocycles. The molecule has 0 saturated carbocycles. The summed E-state index contributed by atoms with van der Waals surface area (Å²) in [6.07, 6.45) is 0.879. The van der Waals surface area contributed by atoms with E-state index in [1.54, 1.807) is 25.3 Å². The van der Waals surface area contributed by atoms with Crippen LogP contribution in [0.25, 0.3) is 0 Å². The molecule has 0 aliphatic heterocycles. The van der Waals surface area contributed by atoms with Gasteiger partial charge in [-0.05, 0) is 18.6 Å². The average Bonchev–Trinajstić information content (AvgIpc) is 2.37. The van der Waals surface area contributed by atoms with Gasteiger partial charge in [-0.3, -0.25) is 4.79 Å². The van der Waals surface area contributed by atoms with Crippen molar-refractivity contribution in [3.63, 3.8) is 0 Å². The Hall–Kier alpha value is -1.23. The molecule has 1 rings (SSSR count). The van der Waals surface area contributed by atoms with Crippen molar-refractivity contribution in [2.75, 3.05) is 20.8 Å². The Labute approximate surface area is 116 Å². The van der Waals surface area contributed by atoms with E-state index in [9.17, 15) is 4.79 Å². The van der Waals surface area contributed by atoms with Crippen molar-refractivity contribution >= 4 is 21.8 Å². The van der Waals surface area contributed by atoms with Gasteiger partial charge in [0, 0.05) is 17.4 Å². The lowest BCUT2D eigenvalue weighted by Crippen LogP contribution is -2.26. The average molecular weight is 316 g/mol. The zero-order valence-corrected chi connectivity index (χ0v) is 12.4. The Bertz CT molecular complexity index is 407. The van der Waals surface area contributed by atoms with Crippen molar-refractivity contribution < 1.29 is 14.3 Å². The van der Waals surface area contributed by atoms with E-state index in [1.165, 1.54) is 7.11 Å². The summed E-state index contributed by atoms with van der Waals surface area (Å²) in [6.45, 7) is 2.67. The first-order valence-electron chi connectivity index (χ1n) is 5.72. The molecule has 5 heteroatoms. The third-order valence-electron chi connectivity index (χ3n) is 2.48. The van der Waals surface area contributed by atoms with Crippen molar-refractivity contribution in [3.8, 4) is 11.5 Å². The fraction of sp³-hybridized carbons (Fsp3) is 0.462. The van der Waals surface area contributed by atoms with Crippen LogP contribution in [0.3, 0.4) is 0 Å². The third-order valence-corrected chi connectivity index (χ3v) is 2.94. The molecule has 0 saturated heterocycles. The third kappa shape index (κ3) is 4.22. The van der Waals surface area contributed by atoms with Crippen LogP contribution < -0.4 is 14.8 Å². The summed E-state index contributed by atoms with van der Waals surface area (Å²) in [7, 11) is 3.11. The first kappa shape index (κ1) is 14.8. The molecular formula is C13H18BrNO3. The summed E-state index contributed by atoms with van der Waals surface area (Å²) in [5.41, 5.74) is 0.514. The van der Waals surface area contributed by atoms with Gasteiger partial charge in [-0.25, -0.2) is 0 Å². The number of ether oxygens (including phenoxy) is 2. The lowest BCUT2D eigenvalue weighted by molar-refractivity contribution is 0.0950. The molecule has 1 amide bonds. The topological polar surface area (TPSA) is 47.6 Å². The van der Waals surface area contributed by atoms with Crippen LogP contribution in [0, 0.1) is 0 Å². The Morgan fingerprint density at radius 1 is 1.39 bits per heavy atom. The molecule has 18 heavy (non-hydrogen) atoms. The van der Waals surface area contributed by atoms with Gasteiger partial charge >= 0.3 is 0 Å². The number of hydrogen-bond acceptors (Lipinski definition) is 3. The van der Waals surface area contributed by atoms with Crippen LogP contribution in [0.4, 0.5) is 0 Å². The minimum absolute atomic E-state index is 0.136. The maximum absolute atomic E-state index is 12.0. The van der Waals surface area contributed by atoms with Crippen LogP contribution in [0.15, 0.2) is 18.2 Å². The second kappa shape index (κ2) is 7.26. The minimum Gasteiger partial charge on any atom is -0.497 e. The predicted molar refractivity (Wildman–Crippen MR) is 74.9 cm³/mol. The molecule has 0 aliphatic rings. The second-order valence-electron chi connectivity index (χ2n) is 3.89. The zero-order valence-electron chi connectivity index (χ0n) is 10.8. The Balaban J connectivity index is 2.72. The van der Waals surface area contributed by atoms with E-state index >= 15 is 0 Å². The van der Waals surface area contributed by atoms with Gasteiger partial charge in [0.1, 0.15) is 11.5 Å². The highest BCUT2D eigenvalue weighted by molar-refractivity contribution is 9.09. The van der Waals surface area contributed by atoms with Crippen LogP contribution in [-0.2, 0) is 0 Å².